The summed E-state index contributed by atoms with van der Waals surface area (Å²) in [5.41, 5.74) is 7.40. The van der Waals surface area contributed by atoms with E-state index in [0.29, 0.717) is 18.2 Å². The minimum Gasteiger partial charge on any atom is -0.358 e. The monoisotopic (exact) mass is 478 g/mol. The van der Waals surface area contributed by atoms with Crippen LogP contribution >= 0.6 is 12.2 Å². The molecule has 6 nitrogen and oxygen atoms in total. The molecule has 0 aliphatic heterocycles. The smallest absolute Gasteiger partial charge is 0.171 e. The van der Waals surface area contributed by atoms with Gasteiger partial charge < -0.3 is 10.6 Å². The fourth-order valence-corrected chi connectivity index (χ4v) is 4.11. The molecule has 0 radical (unpaired) electrons. The third-order valence-electron chi connectivity index (χ3n) is 5.78. The first-order valence-electron chi connectivity index (χ1n) is 11.5. The van der Waals surface area contributed by atoms with E-state index in [1.165, 1.54) is 11.1 Å². The van der Waals surface area contributed by atoms with Crippen LogP contribution < -0.4 is 10.6 Å². The number of nitrogens with zero attached hydrogens (tertiary/aromatic N) is 4. The molecule has 5 rings (SSSR count). The summed E-state index contributed by atoms with van der Waals surface area (Å²) in [6.45, 7) is 3.37. The van der Waals surface area contributed by atoms with Crippen LogP contribution in [-0.4, -0.2) is 24.7 Å². The number of rotatable bonds is 7. The molecular weight excluding hydrogens is 452 g/mol. The Kier molecular flexibility index (Phi) is 6.68. The van der Waals surface area contributed by atoms with Crippen molar-refractivity contribution in [3.63, 3.8) is 0 Å². The average molecular weight is 479 g/mol. The van der Waals surface area contributed by atoms with E-state index >= 15 is 0 Å². The van der Waals surface area contributed by atoms with Gasteiger partial charge in [-0.05, 0) is 42.4 Å². The molecule has 0 saturated carbocycles. The lowest BCUT2D eigenvalue weighted by Gasteiger charge is -2.09. The summed E-state index contributed by atoms with van der Waals surface area (Å²) in [5.74, 6) is 0. The summed E-state index contributed by atoms with van der Waals surface area (Å²) in [6, 6.07) is 28.6. The molecule has 2 heterocycles. The number of hydrogen-bond acceptors (Lipinski definition) is 3. The third-order valence-corrected chi connectivity index (χ3v) is 6.03. The van der Waals surface area contributed by atoms with E-state index in [1.54, 1.807) is 6.20 Å². The lowest BCUT2D eigenvalue weighted by atomic mass is 10.1. The molecule has 3 aromatic carbocycles. The quantitative estimate of drug-likeness (QED) is 0.299. The second kappa shape index (κ2) is 10.4. The Morgan fingerprint density at radius 3 is 2.34 bits per heavy atom. The standard InChI is InChI=1S/C28H26N6S/c1-21-10-8-9-13-23(21)18-33-20-25(17-30-33)31-28(35)29-16-24-19-34(26-14-6-3-7-15-26)32-27(24)22-11-4-2-5-12-22/h2-15,17,19-20H,16,18H2,1H3,(H2,29,31,35). The molecule has 0 unspecified atom stereocenters. The van der Waals surface area contributed by atoms with Crippen LogP contribution in [0.5, 0.6) is 0 Å². The van der Waals surface area contributed by atoms with Crippen molar-refractivity contribution >= 4 is 23.0 Å². The summed E-state index contributed by atoms with van der Waals surface area (Å²) < 4.78 is 3.82. The van der Waals surface area contributed by atoms with Gasteiger partial charge in [0.25, 0.3) is 0 Å². The Bertz CT molecular complexity index is 1420. The maximum Gasteiger partial charge on any atom is 0.171 e. The topological polar surface area (TPSA) is 59.7 Å². The molecule has 7 heteroatoms. The molecule has 0 saturated heterocycles. The van der Waals surface area contributed by atoms with Crippen LogP contribution in [0.15, 0.2) is 104 Å². The van der Waals surface area contributed by atoms with Crippen LogP contribution in [-0.2, 0) is 13.1 Å². The van der Waals surface area contributed by atoms with Crippen LogP contribution in [0.3, 0.4) is 0 Å². The van der Waals surface area contributed by atoms with Crippen LogP contribution in [0.25, 0.3) is 16.9 Å². The second-order valence-electron chi connectivity index (χ2n) is 8.31. The highest BCUT2D eigenvalue weighted by atomic mass is 32.1. The average Bonchev–Trinajstić information content (AvgIpc) is 3.52. The number of thiocarbonyl (C=S) groups is 1. The van der Waals surface area contributed by atoms with Crippen molar-refractivity contribution in [1.29, 1.82) is 0 Å². The predicted octanol–water partition coefficient (Wildman–Crippen LogP) is 5.58. The normalized spacial score (nSPS) is 10.8. The predicted molar refractivity (Wildman–Crippen MR) is 145 cm³/mol. The first kappa shape index (κ1) is 22.6. The molecule has 0 spiro atoms. The maximum atomic E-state index is 5.57. The maximum absolute atomic E-state index is 5.57. The number of nitrogens with one attached hydrogen (secondary N) is 2. The molecule has 2 N–H and O–H groups in total. The van der Waals surface area contributed by atoms with Crippen molar-refractivity contribution in [2.24, 2.45) is 0 Å². The minimum absolute atomic E-state index is 0.534. The van der Waals surface area contributed by atoms with Gasteiger partial charge in [-0.2, -0.15) is 10.2 Å². The number of benzene rings is 3. The van der Waals surface area contributed by atoms with Gasteiger partial charge in [-0.25, -0.2) is 4.68 Å². The van der Waals surface area contributed by atoms with E-state index in [2.05, 4.69) is 46.9 Å². The zero-order chi connectivity index (χ0) is 24.0. The number of aryl methyl sites for hydroxylation is 1. The fraction of sp³-hybridized carbons (Fsp3) is 0.107. The van der Waals surface area contributed by atoms with Crippen molar-refractivity contribution in [1.82, 2.24) is 24.9 Å². The first-order chi connectivity index (χ1) is 17.2. The molecule has 0 fully saturated rings. The SMILES string of the molecule is Cc1ccccc1Cn1cc(NC(=S)NCc2cn(-c3ccccc3)nc2-c2ccccc2)cn1. The number of para-hydroxylation sites is 1. The van der Waals surface area contributed by atoms with Gasteiger partial charge >= 0.3 is 0 Å². The summed E-state index contributed by atoms with van der Waals surface area (Å²) in [5, 5.41) is 16.4. The van der Waals surface area contributed by atoms with E-state index in [1.807, 2.05) is 82.4 Å². The molecular formula is C28H26N6S. The summed E-state index contributed by atoms with van der Waals surface area (Å²) >= 11 is 5.57. The van der Waals surface area contributed by atoms with Crippen molar-refractivity contribution in [3.8, 4) is 16.9 Å². The Labute approximate surface area is 210 Å². The number of anilines is 1. The van der Waals surface area contributed by atoms with Crippen LogP contribution in [0.4, 0.5) is 5.69 Å². The molecule has 0 aliphatic rings. The van der Waals surface area contributed by atoms with Gasteiger partial charge in [-0.1, -0.05) is 72.8 Å². The van der Waals surface area contributed by atoms with Gasteiger partial charge in [0, 0.05) is 30.1 Å². The molecule has 0 atom stereocenters. The van der Waals surface area contributed by atoms with Gasteiger partial charge in [0.2, 0.25) is 0 Å². The highest BCUT2D eigenvalue weighted by Gasteiger charge is 2.13. The van der Waals surface area contributed by atoms with Crippen molar-refractivity contribution < 1.29 is 0 Å². The number of hydrogen-bond donors (Lipinski definition) is 2. The van der Waals surface area contributed by atoms with Crippen LogP contribution in [0.2, 0.25) is 0 Å². The summed E-state index contributed by atoms with van der Waals surface area (Å²) in [6.07, 6.45) is 5.80. The molecule has 2 aromatic heterocycles. The van der Waals surface area contributed by atoms with Crippen molar-refractivity contribution in [2.75, 3.05) is 5.32 Å². The fourth-order valence-electron chi connectivity index (χ4n) is 3.92. The van der Waals surface area contributed by atoms with Gasteiger partial charge in [0.15, 0.2) is 5.11 Å². The lowest BCUT2D eigenvalue weighted by Crippen LogP contribution is -2.27. The third kappa shape index (κ3) is 5.47. The van der Waals surface area contributed by atoms with Gasteiger partial charge in [-0.3, -0.25) is 4.68 Å². The van der Waals surface area contributed by atoms with E-state index in [4.69, 9.17) is 17.3 Å². The van der Waals surface area contributed by atoms with E-state index in [-0.39, 0.29) is 0 Å². The highest BCUT2D eigenvalue weighted by molar-refractivity contribution is 7.80. The largest absolute Gasteiger partial charge is 0.358 e. The zero-order valence-corrected chi connectivity index (χ0v) is 20.2. The highest BCUT2D eigenvalue weighted by Crippen LogP contribution is 2.23. The van der Waals surface area contributed by atoms with Gasteiger partial charge in [0.05, 0.1) is 29.8 Å². The Hall–Kier alpha value is -4.23. The van der Waals surface area contributed by atoms with Crippen molar-refractivity contribution in [3.05, 3.63) is 120 Å². The van der Waals surface area contributed by atoms with Gasteiger partial charge in [0.1, 0.15) is 0 Å². The van der Waals surface area contributed by atoms with E-state index < -0.39 is 0 Å². The molecule has 35 heavy (non-hydrogen) atoms. The van der Waals surface area contributed by atoms with E-state index in [9.17, 15) is 0 Å². The number of aromatic nitrogens is 4. The second-order valence-corrected chi connectivity index (χ2v) is 8.72. The molecule has 0 amide bonds. The molecule has 174 valence electrons. The molecule has 0 aliphatic carbocycles. The minimum atomic E-state index is 0.534. The summed E-state index contributed by atoms with van der Waals surface area (Å²) in [7, 11) is 0. The van der Waals surface area contributed by atoms with Crippen LogP contribution in [0, 0.1) is 6.92 Å². The Morgan fingerprint density at radius 1 is 0.857 bits per heavy atom. The first-order valence-corrected chi connectivity index (χ1v) is 11.9. The van der Waals surface area contributed by atoms with Gasteiger partial charge in [-0.15, -0.1) is 0 Å². The Balaban J connectivity index is 1.27. The lowest BCUT2D eigenvalue weighted by molar-refractivity contribution is 0.684. The summed E-state index contributed by atoms with van der Waals surface area (Å²) in [4.78, 5) is 0. The Morgan fingerprint density at radius 2 is 1.57 bits per heavy atom. The molecule has 0 bridgehead atoms. The zero-order valence-electron chi connectivity index (χ0n) is 19.4. The van der Waals surface area contributed by atoms with Crippen LogP contribution in [0.1, 0.15) is 16.7 Å². The molecule has 5 aromatic rings. The van der Waals surface area contributed by atoms with Crippen molar-refractivity contribution in [2.45, 2.75) is 20.0 Å². The van der Waals surface area contributed by atoms with E-state index in [0.717, 1.165) is 28.2 Å².